The molecular formula is C23H22Cl2N2OS. The third-order valence-corrected chi connectivity index (χ3v) is 6.80. The summed E-state index contributed by atoms with van der Waals surface area (Å²) in [4.78, 5) is 15.9. The van der Waals surface area contributed by atoms with E-state index in [0.717, 1.165) is 31.4 Å². The Bertz CT molecular complexity index is 934. The molecule has 1 aromatic heterocycles. The topological polar surface area (TPSA) is 32.3 Å². The van der Waals surface area contributed by atoms with Gasteiger partial charge in [-0.05, 0) is 61.4 Å². The number of anilines is 2. The minimum atomic E-state index is -0.0329. The third kappa shape index (κ3) is 4.61. The molecule has 6 heteroatoms. The summed E-state index contributed by atoms with van der Waals surface area (Å²) < 4.78 is 0. The van der Waals surface area contributed by atoms with Gasteiger partial charge >= 0.3 is 0 Å². The maximum absolute atomic E-state index is 13.4. The minimum absolute atomic E-state index is 0.0329. The molecular weight excluding hydrogens is 423 g/mol. The number of rotatable bonds is 5. The molecule has 1 saturated carbocycles. The number of nitrogens with zero attached hydrogens (tertiary/aromatic N) is 1. The molecule has 0 aliphatic heterocycles. The van der Waals surface area contributed by atoms with Crippen LogP contribution >= 0.6 is 34.5 Å². The van der Waals surface area contributed by atoms with E-state index in [9.17, 15) is 4.79 Å². The maximum Gasteiger partial charge on any atom is 0.268 e. The monoisotopic (exact) mass is 444 g/mol. The van der Waals surface area contributed by atoms with Crippen molar-refractivity contribution in [3.8, 4) is 0 Å². The first-order valence-corrected chi connectivity index (χ1v) is 11.4. The van der Waals surface area contributed by atoms with Crippen molar-refractivity contribution in [1.29, 1.82) is 0 Å². The molecule has 0 radical (unpaired) electrons. The lowest BCUT2D eigenvalue weighted by molar-refractivity contribution is 0.0974. The van der Waals surface area contributed by atoms with Crippen LogP contribution < -0.4 is 10.2 Å². The summed E-state index contributed by atoms with van der Waals surface area (Å²) in [5.41, 5.74) is 1.75. The molecule has 0 unspecified atom stereocenters. The van der Waals surface area contributed by atoms with Crippen LogP contribution in [0.25, 0.3) is 0 Å². The molecule has 3 aromatic rings. The lowest BCUT2D eigenvalue weighted by Crippen LogP contribution is -2.44. The van der Waals surface area contributed by atoms with Crippen molar-refractivity contribution in [3.05, 3.63) is 81.0 Å². The summed E-state index contributed by atoms with van der Waals surface area (Å²) in [6.07, 6.45) is 3.75. The number of hydrogen-bond donors (Lipinski definition) is 1. The summed E-state index contributed by atoms with van der Waals surface area (Å²) in [5, 5.41) is 6.54. The van der Waals surface area contributed by atoms with E-state index in [2.05, 4.69) is 17.4 Å². The zero-order valence-electron chi connectivity index (χ0n) is 15.9. The number of para-hydroxylation sites is 2. The van der Waals surface area contributed by atoms with Crippen molar-refractivity contribution in [2.75, 3.05) is 10.2 Å². The first-order chi connectivity index (χ1) is 14.1. The normalized spacial score (nSPS) is 19.0. The van der Waals surface area contributed by atoms with Gasteiger partial charge in [-0.15, -0.1) is 11.3 Å². The Hall–Kier alpha value is -2.01. The fraction of sp³-hybridized carbons (Fsp3) is 0.261. The molecule has 4 rings (SSSR count). The fourth-order valence-electron chi connectivity index (χ4n) is 3.94. The molecule has 0 atom stereocenters. The SMILES string of the molecule is O=C(c1cccs1)N(c1c(Cl)cccc1Cl)C1CCC(Nc2ccccc2)CC1. The predicted octanol–water partition coefficient (Wildman–Crippen LogP) is 7.13. The van der Waals surface area contributed by atoms with E-state index in [1.165, 1.54) is 11.3 Å². The number of halogens is 2. The second kappa shape index (κ2) is 9.21. The van der Waals surface area contributed by atoms with E-state index in [1.807, 2.05) is 46.7 Å². The van der Waals surface area contributed by atoms with Crippen molar-refractivity contribution < 1.29 is 4.79 Å². The number of thiophene rings is 1. The van der Waals surface area contributed by atoms with E-state index >= 15 is 0 Å². The van der Waals surface area contributed by atoms with Gasteiger partial charge in [-0.1, -0.05) is 53.5 Å². The van der Waals surface area contributed by atoms with Gasteiger partial charge in [0, 0.05) is 17.8 Å². The van der Waals surface area contributed by atoms with Gasteiger partial charge in [0.25, 0.3) is 5.91 Å². The molecule has 1 aliphatic rings. The smallest absolute Gasteiger partial charge is 0.268 e. The van der Waals surface area contributed by atoms with Crippen LogP contribution in [-0.2, 0) is 0 Å². The highest BCUT2D eigenvalue weighted by atomic mass is 35.5. The Labute approximate surface area is 185 Å². The van der Waals surface area contributed by atoms with E-state index in [4.69, 9.17) is 23.2 Å². The standard InChI is InChI=1S/C23H22Cl2N2OS/c24-19-8-4-9-20(25)22(19)27(23(28)21-10-5-15-29-21)18-13-11-17(12-14-18)26-16-6-2-1-3-7-16/h1-10,15,17-18,26H,11-14H2. The van der Waals surface area contributed by atoms with Gasteiger partial charge in [0.15, 0.2) is 0 Å². The van der Waals surface area contributed by atoms with Crippen LogP contribution in [-0.4, -0.2) is 18.0 Å². The highest BCUT2D eigenvalue weighted by molar-refractivity contribution is 7.12. The number of nitrogens with one attached hydrogen (secondary N) is 1. The molecule has 1 aliphatic carbocycles. The van der Waals surface area contributed by atoms with Crippen LogP contribution in [0.15, 0.2) is 66.0 Å². The zero-order valence-corrected chi connectivity index (χ0v) is 18.2. The Morgan fingerprint density at radius 1 is 0.897 bits per heavy atom. The van der Waals surface area contributed by atoms with Crippen molar-refractivity contribution >= 4 is 51.8 Å². The predicted molar refractivity (Wildman–Crippen MR) is 124 cm³/mol. The Balaban J connectivity index is 1.55. The Morgan fingerprint density at radius 3 is 2.21 bits per heavy atom. The third-order valence-electron chi connectivity index (χ3n) is 5.34. The number of benzene rings is 2. The van der Waals surface area contributed by atoms with Gasteiger partial charge in [0.2, 0.25) is 0 Å². The summed E-state index contributed by atoms with van der Waals surface area (Å²) >= 11 is 14.4. The van der Waals surface area contributed by atoms with E-state index in [0.29, 0.717) is 26.7 Å². The Kier molecular flexibility index (Phi) is 6.43. The maximum atomic E-state index is 13.4. The lowest BCUT2D eigenvalue weighted by atomic mass is 9.89. The molecule has 1 heterocycles. The first-order valence-electron chi connectivity index (χ1n) is 9.76. The molecule has 1 N–H and O–H groups in total. The summed E-state index contributed by atoms with van der Waals surface area (Å²) in [7, 11) is 0. The van der Waals surface area contributed by atoms with Crippen LogP contribution in [0.4, 0.5) is 11.4 Å². The molecule has 150 valence electrons. The molecule has 2 aromatic carbocycles. The summed E-state index contributed by atoms with van der Waals surface area (Å²) in [5.74, 6) is -0.0329. The van der Waals surface area contributed by atoms with Gasteiger partial charge < -0.3 is 10.2 Å². The van der Waals surface area contributed by atoms with Gasteiger partial charge in [-0.25, -0.2) is 0 Å². The van der Waals surface area contributed by atoms with Gasteiger partial charge in [-0.3, -0.25) is 4.79 Å². The number of carbonyl (C=O) groups is 1. The highest BCUT2D eigenvalue weighted by Crippen LogP contribution is 2.39. The number of amides is 1. The van der Waals surface area contributed by atoms with Crippen LogP contribution in [0, 0.1) is 0 Å². The lowest BCUT2D eigenvalue weighted by Gasteiger charge is -2.38. The minimum Gasteiger partial charge on any atom is -0.382 e. The van der Waals surface area contributed by atoms with Crippen LogP contribution in [0.1, 0.15) is 35.4 Å². The van der Waals surface area contributed by atoms with Crippen molar-refractivity contribution in [1.82, 2.24) is 0 Å². The van der Waals surface area contributed by atoms with Crippen LogP contribution in [0.2, 0.25) is 10.0 Å². The van der Waals surface area contributed by atoms with Crippen molar-refractivity contribution in [2.24, 2.45) is 0 Å². The van der Waals surface area contributed by atoms with E-state index in [-0.39, 0.29) is 11.9 Å². The largest absolute Gasteiger partial charge is 0.382 e. The molecule has 0 saturated heterocycles. The molecule has 1 fully saturated rings. The molecule has 1 amide bonds. The van der Waals surface area contributed by atoms with Gasteiger partial charge in [-0.2, -0.15) is 0 Å². The average Bonchev–Trinajstić information content (AvgIpc) is 3.27. The number of carbonyl (C=O) groups excluding carboxylic acids is 1. The molecule has 29 heavy (non-hydrogen) atoms. The summed E-state index contributed by atoms with van der Waals surface area (Å²) in [6, 6.07) is 19.9. The quantitative estimate of drug-likeness (QED) is 0.453. The Morgan fingerprint density at radius 2 is 1.59 bits per heavy atom. The van der Waals surface area contributed by atoms with E-state index < -0.39 is 0 Å². The summed E-state index contributed by atoms with van der Waals surface area (Å²) in [6.45, 7) is 0. The highest BCUT2D eigenvalue weighted by Gasteiger charge is 2.33. The molecule has 0 bridgehead atoms. The molecule has 0 spiro atoms. The van der Waals surface area contributed by atoms with Crippen LogP contribution in [0.3, 0.4) is 0 Å². The second-order valence-corrected chi connectivity index (χ2v) is 9.00. The van der Waals surface area contributed by atoms with Crippen LogP contribution in [0.5, 0.6) is 0 Å². The number of hydrogen-bond acceptors (Lipinski definition) is 3. The first kappa shape index (κ1) is 20.3. The van der Waals surface area contributed by atoms with Gasteiger partial charge in [0.1, 0.15) is 0 Å². The average molecular weight is 445 g/mol. The fourth-order valence-corrected chi connectivity index (χ4v) is 5.18. The van der Waals surface area contributed by atoms with E-state index in [1.54, 1.807) is 12.1 Å². The van der Waals surface area contributed by atoms with Crippen molar-refractivity contribution in [2.45, 2.75) is 37.8 Å². The van der Waals surface area contributed by atoms with Gasteiger partial charge in [0.05, 0.1) is 20.6 Å². The van der Waals surface area contributed by atoms with Crippen molar-refractivity contribution in [3.63, 3.8) is 0 Å². The second-order valence-electron chi connectivity index (χ2n) is 7.24. The molecule has 3 nitrogen and oxygen atoms in total. The zero-order chi connectivity index (χ0) is 20.2.